The Kier molecular flexibility index (Phi) is 6.05. The number of nitrogens with zero attached hydrogens (tertiary/aromatic N) is 5. The summed E-state index contributed by atoms with van der Waals surface area (Å²) >= 11 is 12.3. The molecule has 0 saturated carbocycles. The minimum absolute atomic E-state index is 0.0882. The van der Waals surface area contributed by atoms with Crippen molar-refractivity contribution in [2.24, 2.45) is 0 Å². The third-order valence-electron chi connectivity index (χ3n) is 5.78. The van der Waals surface area contributed by atoms with Gasteiger partial charge in [-0.05, 0) is 37.3 Å². The second-order valence-corrected chi connectivity index (χ2v) is 8.92. The Labute approximate surface area is 205 Å². The summed E-state index contributed by atoms with van der Waals surface area (Å²) in [4.78, 5) is 33.8. The number of rotatable bonds is 3. The van der Waals surface area contributed by atoms with Gasteiger partial charge in [-0.2, -0.15) is 0 Å². The average molecular weight is 502 g/mol. The lowest BCUT2D eigenvalue weighted by atomic mass is 10.1. The van der Waals surface area contributed by atoms with E-state index in [1.54, 1.807) is 40.1 Å². The van der Waals surface area contributed by atoms with Gasteiger partial charge in [-0.3, -0.25) is 9.59 Å². The molecule has 2 aromatic carbocycles. The summed E-state index contributed by atoms with van der Waals surface area (Å²) in [6.45, 7) is 3.80. The van der Waals surface area contributed by atoms with Crippen molar-refractivity contribution in [2.75, 3.05) is 32.8 Å². The van der Waals surface area contributed by atoms with E-state index in [1.807, 2.05) is 13.0 Å². The number of hydrogen-bond acceptors (Lipinski definition) is 6. The van der Waals surface area contributed by atoms with Crippen molar-refractivity contribution in [3.63, 3.8) is 0 Å². The Hall–Kier alpha value is -3.30. The van der Waals surface area contributed by atoms with Crippen LogP contribution in [0.2, 0.25) is 10.0 Å². The molecule has 1 saturated heterocycles. The fourth-order valence-corrected chi connectivity index (χ4v) is 4.54. The first-order chi connectivity index (χ1) is 16.4. The number of carbonyl (C=O) groups excluding carboxylic acids is 2. The molecule has 0 bridgehead atoms. The first kappa shape index (κ1) is 22.5. The predicted molar refractivity (Wildman–Crippen MR) is 125 cm³/mol. The number of piperazine rings is 1. The van der Waals surface area contributed by atoms with Gasteiger partial charge in [0, 0.05) is 36.3 Å². The van der Waals surface area contributed by atoms with E-state index < -0.39 is 0 Å². The highest BCUT2D eigenvalue weighted by atomic mass is 35.5. The summed E-state index contributed by atoms with van der Waals surface area (Å²) in [5.41, 5.74) is 1.13. The van der Waals surface area contributed by atoms with Gasteiger partial charge < -0.3 is 19.3 Å². The Morgan fingerprint density at radius 3 is 2.68 bits per heavy atom. The van der Waals surface area contributed by atoms with Crippen LogP contribution in [0, 0.1) is 0 Å². The zero-order valence-electron chi connectivity index (χ0n) is 18.3. The molecule has 1 fully saturated rings. The van der Waals surface area contributed by atoms with Crippen LogP contribution in [0.1, 0.15) is 27.9 Å². The quantitative estimate of drug-likeness (QED) is 0.546. The van der Waals surface area contributed by atoms with Crippen LogP contribution in [0.4, 0.5) is 0 Å². The predicted octanol–water partition coefficient (Wildman–Crippen LogP) is 3.33. The minimum Gasteiger partial charge on any atom is -0.486 e. The molecule has 0 radical (unpaired) electrons. The fraction of sp³-hybridized carbons (Fsp3) is 0.304. The zero-order chi connectivity index (χ0) is 23.8. The van der Waals surface area contributed by atoms with Crippen molar-refractivity contribution < 1.29 is 19.1 Å². The largest absolute Gasteiger partial charge is 0.486 e. The summed E-state index contributed by atoms with van der Waals surface area (Å²) in [5.74, 6) is 0.539. The molecule has 5 rings (SSSR count). The number of ether oxygens (including phenoxy) is 2. The van der Waals surface area contributed by atoms with E-state index in [0.29, 0.717) is 65.6 Å². The maximum Gasteiger partial charge on any atom is 0.293 e. The summed E-state index contributed by atoms with van der Waals surface area (Å²) in [6.07, 6.45) is 1.48. The maximum atomic E-state index is 13.1. The van der Waals surface area contributed by atoms with Crippen LogP contribution < -0.4 is 9.47 Å². The first-order valence-electron chi connectivity index (χ1n) is 10.8. The first-order valence-corrected chi connectivity index (χ1v) is 11.5. The number of hydrogen-bond donors (Lipinski definition) is 0. The average Bonchev–Trinajstić information content (AvgIpc) is 3.33. The number of halogens is 2. The van der Waals surface area contributed by atoms with Crippen molar-refractivity contribution in [1.82, 2.24) is 24.6 Å². The van der Waals surface area contributed by atoms with Gasteiger partial charge in [0.2, 0.25) is 5.82 Å². The van der Waals surface area contributed by atoms with E-state index in [9.17, 15) is 9.59 Å². The molecule has 0 N–H and O–H groups in total. The molecule has 3 heterocycles. The molecule has 2 aliphatic rings. The normalized spacial score (nSPS) is 17.6. The Balaban J connectivity index is 1.27. The zero-order valence-corrected chi connectivity index (χ0v) is 19.8. The van der Waals surface area contributed by atoms with E-state index in [0.717, 1.165) is 0 Å². The van der Waals surface area contributed by atoms with Crippen LogP contribution in [-0.2, 0) is 0 Å². The number of benzene rings is 2. The number of fused-ring (bicyclic) bond motifs is 1. The van der Waals surface area contributed by atoms with Gasteiger partial charge in [-0.1, -0.05) is 29.3 Å². The molecule has 0 aliphatic carbocycles. The Morgan fingerprint density at radius 1 is 1.06 bits per heavy atom. The molecule has 2 amide bonds. The van der Waals surface area contributed by atoms with E-state index in [2.05, 4.69) is 10.1 Å². The molecule has 0 spiro atoms. The third kappa shape index (κ3) is 4.28. The van der Waals surface area contributed by atoms with Crippen LogP contribution in [0.3, 0.4) is 0 Å². The lowest BCUT2D eigenvalue weighted by Crippen LogP contribution is -2.55. The maximum absolute atomic E-state index is 13.1. The van der Waals surface area contributed by atoms with Crippen molar-refractivity contribution in [2.45, 2.75) is 13.0 Å². The molecule has 34 heavy (non-hydrogen) atoms. The van der Waals surface area contributed by atoms with Gasteiger partial charge in [0.1, 0.15) is 19.5 Å². The van der Waals surface area contributed by atoms with E-state index in [4.69, 9.17) is 32.7 Å². The second-order valence-electron chi connectivity index (χ2n) is 8.07. The molecule has 3 aromatic rings. The van der Waals surface area contributed by atoms with Crippen LogP contribution >= 0.6 is 23.2 Å². The third-order valence-corrected chi connectivity index (χ3v) is 6.29. The summed E-state index contributed by atoms with van der Waals surface area (Å²) in [5, 5.41) is 5.22. The number of amides is 2. The van der Waals surface area contributed by atoms with Gasteiger partial charge in [0.25, 0.3) is 11.8 Å². The van der Waals surface area contributed by atoms with Gasteiger partial charge in [0.15, 0.2) is 11.5 Å². The van der Waals surface area contributed by atoms with Crippen LogP contribution in [0.25, 0.3) is 5.69 Å². The van der Waals surface area contributed by atoms with Crippen LogP contribution in [-0.4, -0.2) is 75.3 Å². The smallest absolute Gasteiger partial charge is 0.293 e. The lowest BCUT2D eigenvalue weighted by molar-refractivity contribution is 0.0406. The highest BCUT2D eigenvalue weighted by Crippen LogP contribution is 2.38. The fourth-order valence-electron chi connectivity index (χ4n) is 4.09. The lowest BCUT2D eigenvalue weighted by Gasteiger charge is -2.39. The Morgan fingerprint density at radius 2 is 1.88 bits per heavy atom. The standard InChI is InChI=1S/C23H21Cl2N5O4/c1-14-12-28(22(31)15-9-18(25)20-19(10-15)33-7-8-34-20)5-6-29(14)23(32)21-26-13-30(27-21)17-4-2-3-16(24)11-17/h2-4,9-11,13-14H,5-8,12H2,1H3. The molecule has 11 heteroatoms. The van der Waals surface area contributed by atoms with Gasteiger partial charge in [0.05, 0.1) is 10.7 Å². The molecule has 2 aliphatic heterocycles. The van der Waals surface area contributed by atoms with Gasteiger partial charge in [-0.25, -0.2) is 9.67 Å². The SMILES string of the molecule is CC1CN(C(=O)c2cc(Cl)c3c(c2)OCCO3)CCN1C(=O)c1ncn(-c2cccc(Cl)c2)n1. The van der Waals surface area contributed by atoms with Crippen LogP contribution in [0.5, 0.6) is 11.5 Å². The summed E-state index contributed by atoms with van der Waals surface area (Å²) in [7, 11) is 0. The second kappa shape index (κ2) is 9.15. The van der Waals surface area contributed by atoms with Gasteiger partial charge >= 0.3 is 0 Å². The highest BCUT2D eigenvalue weighted by molar-refractivity contribution is 6.32. The summed E-state index contributed by atoms with van der Waals surface area (Å²) in [6, 6.07) is 10.1. The topological polar surface area (TPSA) is 89.8 Å². The summed E-state index contributed by atoms with van der Waals surface area (Å²) < 4.78 is 12.6. The molecule has 1 aromatic heterocycles. The number of aromatic nitrogens is 3. The van der Waals surface area contributed by atoms with E-state index in [1.165, 1.54) is 11.0 Å². The molecule has 1 unspecified atom stereocenters. The monoisotopic (exact) mass is 501 g/mol. The van der Waals surface area contributed by atoms with E-state index in [-0.39, 0.29) is 23.7 Å². The highest BCUT2D eigenvalue weighted by Gasteiger charge is 2.33. The van der Waals surface area contributed by atoms with Crippen molar-refractivity contribution >= 4 is 35.0 Å². The molecular formula is C23H21Cl2N5O4. The molecular weight excluding hydrogens is 481 g/mol. The molecule has 9 nitrogen and oxygen atoms in total. The molecule has 1 atom stereocenters. The Bertz CT molecular complexity index is 1260. The van der Waals surface area contributed by atoms with E-state index >= 15 is 0 Å². The van der Waals surface area contributed by atoms with Crippen molar-refractivity contribution in [3.8, 4) is 17.2 Å². The van der Waals surface area contributed by atoms with Crippen LogP contribution in [0.15, 0.2) is 42.7 Å². The minimum atomic E-state index is -0.289. The number of carbonyl (C=O) groups is 2. The van der Waals surface area contributed by atoms with Crippen molar-refractivity contribution in [3.05, 3.63) is 64.2 Å². The molecule has 176 valence electrons. The van der Waals surface area contributed by atoms with Gasteiger partial charge in [-0.15, -0.1) is 5.10 Å². The van der Waals surface area contributed by atoms with Crippen molar-refractivity contribution in [1.29, 1.82) is 0 Å².